The van der Waals surface area contributed by atoms with E-state index in [9.17, 15) is 17.6 Å². The average Bonchev–Trinajstić information content (AvgIpc) is 3.17. The summed E-state index contributed by atoms with van der Waals surface area (Å²) in [6, 6.07) is 26.5. The average molecular weight is 764 g/mol. The van der Waals surface area contributed by atoms with E-state index in [1.165, 1.54) is 24.3 Å². The Bertz CT molecular complexity index is 2450. The van der Waals surface area contributed by atoms with E-state index in [2.05, 4.69) is 22.2 Å². The number of nitrogens with one attached hydrogen (secondary N) is 1. The number of likely N-dealkylation sites (tertiary alicyclic amines) is 1. The SMILES string of the molecule is Cc1ccc2c(CS(=O)(=O)Cc3ccccc3F)c(F)ccc2c1Oc1ncccc1-c1ccnc(NC2C[C@@H](C)CN(C(=O)OCc3ccccc3)C2)n1. The summed E-state index contributed by atoms with van der Waals surface area (Å²) >= 11 is 0. The summed E-state index contributed by atoms with van der Waals surface area (Å²) in [6.07, 6.45) is 3.62. The van der Waals surface area contributed by atoms with Crippen LogP contribution in [0.3, 0.4) is 0 Å². The fourth-order valence-electron chi connectivity index (χ4n) is 6.87. The third-order valence-corrected chi connectivity index (χ3v) is 10.9. The fraction of sp³-hybridized carbons (Fsp3) is 0.238. The van der Waals surface area contributed by atoms with E-state index >= 15 is 4.39 Å². The number of fused-ring (bicyclic) bond motifs is 1. The first-order valence-electron chi connectivity index (χ1n) is 17.9. The quantitative estimate of drug-likeness (QED) is 0.138. The molecule has 4 aromatic carbocycles. The maximum atomic E-state index is 15.4. The van der Waals surface area contributed by atoms with Crippen molar-refractivity contribution >= 4 is 32.7 Å². The molecule has 10 nitrogen and oxygen atoms in total. The van der Waals surface area contributed by atoms with E-state index in [-0.39, 0.29) is 41.7 Å². The standard InChI is InChI=1S/C42H39F2N5O5S/c1-27-21-31(23-49(22-27)42(50)53-24-29-9-4-3-5-10-29)47-41-46-20-18-38(48-41)34-12-8-19-45-40(34)54-39-28(2)14-15-32-33(39)16-17-37(44)35(32)26-55(51,52)25-30-11-6-7-13-36(30)43/h3-20,27,31H,21-26H2,1-2H3,(H,46,47,48)/t27-,31?/m1/s1. The van der Waals surface area contributed by atoms with Crippen LogP contribution in [-0.4, -0.2) is 53.5 Å². The molecule has 13 heteroatoms. The number of halogens is 2. The molecule has 6 aromatic rings. The molecule has 0 aliphatic carbocycles. The first-order valence-corrected chi connectivity index (χ1v) is 19.7. The number of pyridine rings is 1. The minimum absolute atomic E-state index is 0.0169. The summed E-state index contributed by atoms with van der Waals surface area (Å²) in [4.78, 5) is 28.4. The Balaban J connectivity index is 1.11. The normalized spacial score (nSPS) is 15.8. The van der Waals surface area contributed by atoms with Crippen molar-refractivity contribution in [1.29, 1.82) is 0 Å². The number of benzene rings is 4. The Hall–Kier alpha value is -5.95. The lowest BCUT2D eigenvalue weighted by molar-refractivity contribution is 0.0783. The van der Waals surface area contributed by atoms with Crippen LogP contribution in [0.15, 0.2) is 109 Å². The van der Waals surface area contributed by atoms with Gasteiger partial charge in [-0.15, -0.1) is 0 Å². The number of ether oxygens (including phenoxy) is 2. The maximum absolute atomic E-state index is 15.4. The Morgan fingerprint density at radius 3 is 2.45 bits per heavy atom. The molecule has 1 unspecified atom stereocenters. The van der Waals surface area contributed by atoms with Gasteiger partial charge in [0.05, 0.1) is 22.8 Å². The second-order valence-electron chi connectivity index (χ2n) is 13.8. The van der Waals surface area contributed by atoms with Crippen LogP contribution in [0.1, 0.15) is 35.6 Å². The summed E-state index contributed by atoms with van der Waals surface area (Å²) in [6.45, 7) is 5.10. The van der Waals surface area contributed by atoms with Crippen LogP contribution in [0, 0.1) is 24.5 Å². The van der Waals surface area contributed by atoms with Gasteiger partial charge in [0.15, 0.2) is 9.84 Å². The number of rotatable bonds is 11. The molecule has 282 valence electrons. The number of aryl methyl sites for hydroxylation is 1. The third-order valence-electron chi connectivity index (χ3n) is 9.46. The lowest BCUT2D eigenvalue weighted by Gasteiger charge is -2.36. The summed E-state index contributed by atoms with van der Waals surface area (Å²) in [5, 5.41) is 4.23. The van der Waals surface area contributed by atoms with Crippen LogP contribution in [0.4, 0.5) is 19.5 Å². The van der Waals surface area contributed by atoms with Gasteiger partial charge in [-0.3, -0.25) is 0 Å². The molecule has 1 amide bonds. The molecule has 3 heterocycles. The number of carbonyl (C=O) groups is 1. The van der Waals surface area contributed by atoms with E-state index in [1.807, 2.05) is 43.3 Å². The lowest BCUT2D eigenvalue weighted by Crippen LogP contribution is -2.48. The lowest BCUT2D eigenvalue weighted by atomic mass is 9.96. The van der Waals surface area contributed by atoms with Crippen molar-refractivity contribution < 1.29 is 31.5 Å². The zero-order valence-electron chi connectivity index (χ0n) is 30.3. The number of carbonyl (C=O) groups excluding carboxylic acids is 1. The van der Waals surface area contributed by atoms with Crippen LogP contribution in [0.25, 0.3) is 22.0 Å². The molecule has 0 radical (unpaired) electrons. The van der Waals surface area contributed by atoms with Crippen molar-refractivity contribution in [2.24, 2.45) is 5.92 Å². The Labute approximate surface area is 318 Å². The van der Waals surface area contributed by atoms with Gasteiger partial charge in [0.25, 0.3) is 0 Å². The summed E-state index contributed by atoms with van der Waals surface area (Å²) in [5.41, 5.74) is 2.68. The summed E-state index contributed by atoms with van der Waals surface area (Å²) < 4.78 is 68.2. The minimum atomic E-state index is -3.97. The van der Waals surface area contributed by atoms with Gasteiger partial charge >= 0.3 is 6.09 Å². The number of anilines is 1. The van der Waals surface area contributed by atoms with Crippen molar-refractivity contribution in [3.63, 3.8) is 0 Å². The van der Waals surface area contributed by atoms with E-state index < -0.39 is 33.0 Å². The number of amides is 1. The highest BCUT2D eigenvalue weighted by molar-refractivity contribution is 7.89. The zero-order chi connectivity index (χ0) is 38.5. The monoisotopic (exact) mass is 763 g/mol. The second-order valence-corrected chi connectivity index (χ2v) is 15.9. The molecule has 2 atom stereocenters. The summed E-state index contributed by atoms with van der Waals surface area (Å²) in [5.74, 6) is -1.38. The maximum Gasteiger partial charge on any atom is 0.410 e. The van der Waals surface area contributed by atoms with Gasteiger partial charge in [0.2, 0.25) is 11.8 Å². The Morgan fingerprint density at radius 2 is 1.64 bits per heavy atom. The number of nitrogens with zero attached hydrogens (tertiary/aromatic N) is 4. The van der Waals surface area contributed by atoms with E-state index in [1.54, 1.807) is 53.7 Å². The fourth-order valence-corrected chi connectivity index (χ4v) is 8.41. The van der Waals surface area contributed by atoms with Gasteiger partial charge in [-0.1, -0.05) is 67.6 Å². The molecular weight excluding hydrogens is 725 g/mol. The Kier molecular flexibility index (Phi) is 11.0. The van der Waals surface area contributed by atoms with Crippen LogP contribution >= 0.6 is 0 Å². The summed E-state index contributed by atoms with van der Waals surface area (Å²) in [7, 11) is -3.97. The first-order chi connectivity index (χ1) is 26.5. The molecule has 2 aromatic heterocycles. The van der Waals surface area contributed by atoms with Crippen molar-refractivity contribution in [3.8, 4) is 22.9 Å². The molecular formula is C42H39F2N5O5S. The smallest absolute Gasteiger partial charge is 0.410 e. The molecule has 55 heavy (non-hydrogen) atoms. The molecule has 1 N–H and O–H groups in total. The van der Waals surface area contributed by atoms with E-state index in [0.717, 1.165) is 12.0 Å². The number of hydrogen-bond donors (Lipinski definition) is 1. The van der Waals surface area contributed by atoms with E-state index in [0.29, 0.717) is 52.4 Å². The van der Waals surface area contributed by atoms with Crippen molar-refractivity contribution in [2.45, 2.75) is 44.4 Å². The largest absolute Gasteiger partial charge is 0.445 e. The van der Waals surface area contributed by atoms with Gasteiger partial charge in [-0.05, 0) is 72.2 Å². The molecule has 1 aliphatic rings. The van der Waals surface area contributed by atoms with Gasteiger partial charge in [-0.25, -0.2) is 36.9 Å². The van der Waals surface area contributed by atoms with Gasteiger partial charge in [-0.2, -0.15) is 0 Å². The van der Waals surface area contributed by atoms with Crippen molar-refractivity contribution in [2.75, 3.05) is 18.4 Å². The highest BCUT2D eigenvalue weighted by Gasteiger charge is 2.30. The van der Waals surface area contributed by atoms with Crippen molar-refractivity contribution in [3.05, 3.63) is 143 Å². The topological polar surface area (TPSA) is 124 Å². The number of aromatic nitrogens is 3. The molecule has 7 rings (SSSR count). The molecule has 1 aliphatic heterocycles. The van der Waals surface area contributed by atoms with Gasteiger partial charge in [0.1, 0.15) is 24.0 Å². The highest BCUT2D eigenvalue weighted by Crippen LogP contribution is 2.39. The molecule has 0 bridgehead atoms. The van der Waals surface area contributed by atoms with E-state index in [4.69, 9.17) is 14.5 Å². The highest BCUT2D eigenvalue weighted by atomic mass is 32.2. The molecule has 1 saturated heterocycles. The minimum Gasteiger partial charge on any atom is -0.445 e. The van der Waals surface area contributed by atoms with Crippen molar-refractivity contribution in [1.82, 2.24) is 19.9 Å². The third kappa shape index (κ3) is 8.89. The molecule has 0 spiro atoms. The van der Waals surface area contributed by atoms with Crippen LogP contribution in [0.5, 0.6) is 11.6 Å². The van der Waals surface area contributed by atoms with Gasteiger partial charge < -0.3 is 19.7 Å². The van der Waals surface area contributed by atoms with Crippen LogP contribution in [-0.2, 0) is 32.7 Å². The van der Waals surface area contributed by atoms with Gasteiger partial charge in [0, 0.05) is 48.0 Å². The number of hydrogen-bond acceptors (Lipinski definition) is 9. The number of piperidine rings is 1. The van der Waals surface area contributed by atoms with Crippen LogP contribution in [0.2, 0.25) is 0 Å². The first kappa shape index (κ1) is 37.4. The van der Waals surface area contributed by atoms with Crippen LogP contribution < -0.4 is 10.1 Å². The predicted octanol–water partition coefficient (Wildman–Crippen LogP) is 8.64. The molecule has 1 fully saturated rings. The molecule has 0 saturated carbocycles. The number of sulfone groups is 1. The Morgan fingerprint density at radius 1 is 0.855 bits per heavy atom. The zero-order valence-corrected chi connectivity index (χ0v) is 31.1. The second kappa shape index (κ2) is 16.2. The predicted molar refractivity (Wildman–Crippen MR) is 206 cm³/mol.